The Morgan fingerprint density at radius 1 is 1.00 bits per heavy atom. The summed E-state index contributed by atoms with van der Waals surface area (Å²) in [6, 6.07) is 18.9. The van der Waals surface area contributed by atoms with E-state index in [1.54, 1.807) is 48.5 Å². The number of benzene rings is 3. The average molecular weight is 470 g/mol. The molecule has 1 heterocycles. The fraction of sp³-hybridized carbons (Fsp3) is 0.0435. The summed E-state index contributed by atoms with van der Waals surface area (Å²) < 4.78 is 40.3. The Labute approximate surface area is 189 Å². The number of hydrogen-bond donors (Lipinski definition) is 0. The summed E-state index contributed by atoms with van der Waals surface area (Å²) in [5, 5.41) is 0.443. The fourth-order valence-corrected chi connectivity index (χ4v) is 4.03. The van der Waals surface area contributed by atoms with Crippen LogP contribution in [0, 0.1) is 0 Å². The highest BCUT2D eigenvalue weighted by Crippen LogP contribution is 2.28. The number of aliphatic imine (C=N–C) groups is 1. The van der Waals surface area contributed by atoms with Gasteiger partial charge in [-0.05, 0) is 54.1 Å². The summed E-state index contributed by atoms with van der Waals surface area (Å²) in [6.45, 7) is 0. The fourth-order valence-electron chi connectivity index (χ4n) is 2.91. The number of halogens is 1. The molecule has 0 spiro atoms. The maximum absolute atomic E-state index is 12.3. The van der Waals surface area contributed by atoms with Crippen molar-refractivity contribution >= 4 is 39.7 Å². The molecule has 0 fully saturated rings. The molecule has 0 atom stereocenters. The van der Waals surface area contributed by atoms with E-state index in [0.29, 0.717) is 21.9 Å². The van der Waals surface area contributed by atoms with Crippen molar-refractivity contribution in [3.05, 3.63) is 94.6 Å². The molecule has 32 heavy (non-hydrogen) atoms. The second kappa shape index (κ2) is 8.86. The first-order chi connectivity index (χ1) is 15.4. The van der Waals surface area contributed by atoms with Gasteiger partial charge in [-0.3, -0.25) is 0 Å². The number of rotatable bonds is 6. The van der Waals surface area contributed by atoms with Crippen LogP contribution in [0.3, 0.4) is 0 Å². The van der Waals surface area contributed by atoms with E-state index in [9.17, 15) is 13.2 Å². The smallest absolute Gasteiger partial charge is 0.363 e. The molecule has 7 nitrogen and oxygen atoms in total. The number of nitrogens with zero attached hydrogens (tertiary/aromatic N) is 1. The maximum Gasteiger partial charge on any atom is 0.363 e. The molecule has 4 rings (SSSR count). The predicted octanol–water partition coefficient (Wildman–Crippen LogP) is 4.46. The van der Waals surface area contributed by atoms with E-state index in [2.05, 4.69) is 4.99 Å². The first-order valence-electron chi connectivity index (χ1n) is 9.32. The lowest BCUT2D eigenvalue weighted by atomic mass is 10.2. The van der Waals surface area contributed by atoms with E-state index in [1.807, 2.05) is 0 Å². The van der Waals surface area contributed by atoms with E-state index in [1.165, 1.54) is 37.5 Å². The number of ether oxygens (including phenoxy) is 2. The molecule has 0 N–H and O–H groups in total. The third kappa shape index (κ3) is 4.66. The van der Waals surface area contributed by atoms with Crippen LogP contribution in [-0.4, -0.2) is 27.4 Å². The minimum absolute atomic E-state index is 0.0539. The molecule has 0 aliphatic carbocycles. The molecule has 0 amide bonds. The van der Waals surface area contributed by atoms with Gasteiger partial charge in [-0.2, -0.15) is 8.42 Å². The van der Waals surface area contributed by atoms with Crippen LogP contribution in [0.25, 0.3) is 6.08 Å². The summed E-state index contributed by atoms with van der Waals surface area (Å²) in [5.74, 6) is 0.0460. The van der Waals surface area contributed by atoms with Crippen LogP contribution in [0.15, 0.2) is 88.4 Å². The Morgan fingerprint density at radius 3 is 2.41 bits per heavy atom. The lowest BCUT2D eigenvalue weighted by molar-refractivity contribution is -0.129. The monoisotopic (exact) mass is 469 g/mol. The van der Waals surface area contributed by atoms with Gasteiger partial charge in [-0.15, -0.1) is 0 Å². The number of hydrogen-bond acceptors (Lipinski definition) is 7. The topological polar surface area (TPSA) is 91.3 Å². The Hall–Kier alpha value is -3.62. The average Bonchev–Trinajstić information content (AvgIpc) is 3.15. The van der Waals surface area contributed by atoms with Gasteiger partial charge in [0.05, 0.1) is 12.7 Å². The zero-order chi connectivity index (χ0) is 22.7. The molecule has 1 aliphatic heterocycles. The van der Waals surface area contributed by atoms with Crippen molar-refractivity contribution in [2.24, 2.45) is 4.99 Å². The van der Waals surface area contributed by atoms with Gasteiger partial charge in [-0.25, -0.2) is 9.79 Å². The standard InChI is InChI=1S/C23H16ClNO6S/c1-29-21-12-9-16(24)14-19(21)22-25-20(23(26)30-22)13-15-7-10-17(11-8-15)31-32(27,28)18-5-3-2-4-6-18/h2-14H,1H3/b20-13-. The second-order valence-corrected chi connectivity index (χ2v) is 8.58. The van der Waals surface area contributed by atoms with Gasteiger partial charge >= 0.3 is 16.1 Å². The van der Waals surface area contributed by atoms with Gasteiger partial charge < -0.3 is 13.7 Å². The van der Waals surface area contributed by atoms with Gasteiger partial charge in [0, 0.05) is 5.02 Å². The first kappa shape index (κ1) is 21.6. The Morgan fingerprint density at radius 2 is 1.72 bits per heavy atom. The molecule has 9 heteroatoms. The summed E-state index contributed by atoms with van der Waals surface area (Å²) >= 11 is 6.03. The maximum atomic E-state index is 12.3. The summed E-state index contributed by atoms with van der Waals surface area (Å²) in [6.07, 6.45) is 1.52. The molecule has 0 saturated heterocycles. The molecule has 0 bridgehead atoms. The summed E-state index contributed by atoms with van der Waals surface area (Å²) in [4.78, 5) is 16.6. The molecular weight excluding hydrogens is 454 g/mol. The van der Waals surface area contributed by atoms with Crippen molar-refractivity contribution in [1.82, 2.24) is 0 Å². The highest BCUT2D eigenvalue weighted by molar-refractivity contribution is 7.87. The van der Waals surface area contributed by atoms with Crippen molar-refractivity contribution in [2.45, 2.75) is 4.90 Å². The SMILES string of the molecule is COc1ccc(Cl)cc1C1=N/C(=C\c2ccc(OS(=O)(=O)c3ccccc3)cc2)C(=O)O1. The number of methoxy groups -OCH3 is 1. The molecule has 3 aromatic carbocycles. The number of cyclic esters (lactones) is 1. The third-order valence-corrected chi connectivity index (χ3v) is 5.93. The lowest BCUT2D eigenvalue weighted by Crippen LogP contribution is -2.09. The van der Waals surface area contributed by atoms with Gasteiger partial charge in [0.1, 0.15) is 16.4 Å². The molecule has 3 aromatic rings. The van der Waals surface area contributed by atoms with Crippen LogP contribution < -0.4 is 8.92 Å². The van der Waals surface area contributed by atoms with E-state index in [4.69, 9.17) is 25.3 Å². The zero-order valence-corrected chi connectivity index (χ0v) is 18.3. The number of carbonyl (C=O) groups excluding carboxylic acids is 1. The highest BCUT2D eigenvalue weighted by Gasteiger charge is 2.26. The molecule has 0 saturated carbocycles. The molecule has 1 aliphatic rings. The largest absolute Gasteiger partial charge is 0.496 e. The molecule has 0 radical (unpaired) electrons. The van der Waals surface area contributed by atoms with E-state index < -0.39 is 16.1 Å². The van der Waals surface area contributed by atoms with E-state index in [0.717, 1.165) is 0 Å². The Balaban J connectivity index is 1.56. The van der Waals surface area contributed by atoms with Crippen LogP contribution >= 0.6 is 11.6 Å². The third-order valence-electron chi connectivity index (χ3n) is 4.43. The number of carbonyl (C=O) groups is 1. The minimum Gasteiger partial charge on any atom is -0.496 e. The van der Waals surface area contributed by atoms with Crippen molar-refractivity contribution in [1.29, 1.82) is 0 Å². The highest BCUT2D eigenvalue weighted by atomic mass is 35.5. The lowest BCUT2D eigenvalue weighted by Gasteiger charge is -2.07. The summed E-state index contributed by atoms with van der Waals surface area (Å²) in [5.41, 5.74) is 1.13. The Kier molecular flexibility index (Phi) is 5.98. The van der Waals surface area contributed by atoms with Crippen LogP contribution in [0.2, 0.25) is 5.02 Å². The normalized spacial score (nSPS) is 14.8. The molecule has 0 aromatic heterocycles. The van der Waals surface area contributed by atoms with Crippen LogP contribution in [0.5, 0.6) is 11.5 Å². The van der Waals surface area contributed by atoms with Crippen LogP contribution in [0.4, 0.5) is 0 Å². The molecular formula is C23H16ClNO6S. The van der Waals surface area contributed by atoms with Crippen molar-refractivity contribution < 1.29 is 26.9 Å². The number of esters is 1. The predicted molar refractivity (Wildman–Crippen MR) is 119 cm³/mol. The van der Waals surface area contributed by atoms with Gasteiger partial charge in [-0.1, -0.05) is 41.9 Å². The van der Waals surface area contributed by atoms with Crippen molar-refractivity contribution in [3.8, 4) is 11.5 Å². The molecule has 162 valence electrons. The van der Waals surface area contributed by atoms with E-state index in [-0.39, 0.29) is 22.2 Å². The van der Waals surface area contributed by atoms with Crippen molar-refractivity contribution in [3.63, 3.8) is 0 Å². The molecule has 0 unspecified atom stereocenters. The summed E-state index contributed by atoms with van der Waals surface area (Å²) in [7, 11) is -2.45. The van der Waals surface area contributed by atoms with Gasteiger partial charge in [0.2, 0.25) is 5.90 Å². The van der Waals surface area contributed by atoms with Crippen molar-refractivity contribution in [2.75, 3.05) is 7.11 Å². The zero-order valence-electron chi connectivity index (χ0n) is 16.7. The second-order valence-electron chi connectivity index (χ2n) is 6.60. The van der Waals surface area contributed by atoms with Gasteiger partial charge in [0.25, 0.3) is 0 Å². The minimum atomic E-state index is -3.94. The van der Waals surface area contributed by atoms with Gasteiger partial charge in [0.15, 0.2) is 5.70 Å². The quantitative estimate of drug-likeness (QED) is 0.301. The van der Waals surface area contributed by atoms with Crippen LogP contribution in [0.1, 0.15) is 11.1 Å². The van der Waals surface area contributed by atoms with Crippen LogP contribution in [-0.2, 0) is 19.6 Å². The first-order valence-corrected chi connectivity index (χ1v) is 11.1. The van der Waals surface area contributed by atoms with E-state index >= 15 is 0 Å². The Bertz CT molecular complexity index is 1330.